The topological polar surface area (TPSA) is 48.4 Å². The fourth-order valence-corrected chi connectivity index (χ4v) is 1.89. The van der Waals surface area contributed by atoms with Crippen molar-refractivity contribution in [1.82, 2.24) is 4.98 Å². The number of aryl methyl sites for hydroxylation is 1. The van der Waals surface area contributed by atoms with Crippen LogP contribution in [0.1, 0.15) is 22.8 Å². The maximum absolute atomic E-state index is 11.7. The van der Waals surface area contributed by atoms with E-state index in [0.29, 0.717) is 28.8 Å². The molecule has 4 nitrogen and oxygen atoms in total. The predicted octanol–water partition coefficient (Wildman–Crippen LogP) is 4.01. The Morgan fingerprint density at radius 3 is 2.75 bits per heavy atom. The summed E-state index contributed by atoms with van der Waals surface area (Å²) >= 11 is 5.80. The minimum Gasteiger partial charge on any atom is -0.462 e. The zero-order valence-corrected chi connectivity index (χ0v) is 12.0. The summed E-state index contributed by atoms with van der Waals surface area (Å²) in [5, 5.41) is 0.348. The molecule has 104 valence electrons. The van der Waals surface area contributed by atoms with E-state index >= 15 is 0 Å². The number of carbonyl (C=O) groups is 1. The number of nitrogens with zero attached hydrogens (tertiary/aromatic N) is 1. The molecule has 0 saturated heterocycles. The summed E-state index contributed by atoms with van der Waals surface area (Å²) < 4.78 is 10.7. The minimum atomic E-state index is -0.367. The van der Waals surface area contributed by atoms with E-state index in [1.165, 1.54) is 0 Å². The van der Waals surface area contributed by atoms with Crippen molar-refractivity contribution < 1.29 is 14.3 Å². The molecule has 1 aromatic carbocycles. The number of hydrogen-bond donors (Lipinski definition) is 0. The number of esters is 1. The number of ether oxygens (including phenoxy) is 2. The van der Waals surface area contributed by atoms with E-state index in [4.69, 9.17) is 21.1 Å². The van der Waals surface area contributed by atoms with Gasteiger partial charge in [0, 0.05) is 12.3 Å². The van der Waals surface area contributed by atoms with Gasteiger partial charge in [-0.25, -0.2) is 9.78 Å². The highest BCUT2D eigenvalue weighted by atomic mass is 35.5. The van der Waals surface area contributed by atoms with Gasteiger partial charge in [0.05, 0.1) is 12.2 Å². The van der Waals surface area contributed by atoms with Crippen molar-refractivity contribution in [3.05, 3.63) is 52.8 Å². The molecule has 0 fully saturated rings. The number of hydrogen-bond acceptors (Lipinski definition) is 4. The molecule has 1 aromatic heterocycles. The van der Waals surface area contributed by atoms with Crippen molar-refractivity contribution >= 4 is 17.6 Å². The van der Waals surface area contributed by atoms with E-state index in [1.807, 2.05) is 13.0 Å². The van der Waals surface area contributed by atoms with Crippen LogP contribution in [0.2, 0.25) is 5.15 Å². The summed E-state index contributed by atoms with van der Waals surface area (Å²) in [7, 11) is 0. The number of halogens is 1. The van der Waals surface area contributed by atoms with E-state index in [0.717, 1.165) is 5.56 Å². The lowest BCUT2D eigenvalue weighted by Crippen LogP contribution is -2.05. The van der Waals surface area contributed by atoms with Crippen LogP contribution in [0, 0.1) is 6.92 Å². The van der Waals surface area contributed by atoms with Gasteiger partial charge >= 0.3 is 5.97 Å². The lowest BCUT2D eigenvalue weighted by atomic mass is 10.1. The summed E-state index contributed by atoms with van der Waals surface area (Å²) in [6.07, 6.45) is 1.56. The Morgan fingerprint density at radius 1 is 1.25 bits per heavy atom. The van der Waals surface area contributed by atoms with E-state index in [2.05, 4.69) is 4.98 Å². The Hall–Kier alpha value is -2.07. The van der Waals surface area contributed by atoms with Crippen LogP contribution >= 0.6 is 11.6 Å². The smallest absolute Gasteiger partial charge is 0.338 e. The standard InChI is InChI=1S/C15H14ClNO3/c1-3-19-15(18)11-6-10(2)7-13(8-11)20-12-4-5-17-14(16)9-12/h4-9H,3H2,1-2H3. The molecule has 20 heavy (non-hydrogen) atoms. The van der Waals surface area contributed by atoms with E-state index < -0.39 is 0 Å². The van der Waals surface area contributed by atoms with Crippen molar-refractivity contribution in [2.24, 2.45) is 0 Å². The highest BCUT2D eigenvalue weighted by Crippen LogP contribution is 2.25. The second-order valence-corrected chi connectivity index (χ2v) is 4.56. The number of pyridine rings is 1. The van der Waals surface area contributed by atoms with Gasteiger partial charge in [-0.05, 0) is 43.7 Å². The van der Waals surface area contributed by atoms with Gasteiger partial charge in [-0.3, -0.25) is 0 Å². The van der Waals surface area contributed by atoms with Crippen molar-refractivity contribution in [3.8, 4) is 11.5 Å². The quantitative estimate of drug-likeness (QED) is 0.631. The zero-order valence-electron chi connectivity index (χ0n) is 11.2. The van der Waals surface area contributed by atoms with Crippen molar-refractivity contribution in [1.29, 1.82) is 0 Å². The molecule has 1 heterocycles. The molecule has 2 aromatic rings. The van der Waals surface area contributed by atoms with Crippen LogP contribution in [-0.2, 0) is 4.74 Å². The van der Waals surface area contributed by atoms with Crippen LogP contribution in [0.4, 0.5) is 0 Å². The van der Waals surface area contributed by atoms with Gasteiger partial charge in [0.15, 0.2) is 0 Å². The number of benzene rings is 1. The first-order valence-corrected chi connectivity index (χ1v) is 6.54. The summed E-state index contributed by atoms with van der Waals surface area (Å²) in [6, 6.07) is 8.52. The maximum Gasteiger partial charge on any atom is 0.338 e. The Balaban J connectivity index is 2.26. The second-order valence-electron chi connectivity index (χ2n) is 4.17. The molecule has 5 heteroatoms. The predicted molar refractivity (Wildman–Crippen MR) is 76.5 cm³/mol. The fraction of sp³-hybridized carbons (Fsp3) is 0.200. The molecule has 0 unspecified atom stereocenters. The molecule has 2 rings (SSSR count). The minimum absolute atomic E-state index is 0.336. The molecular formula is C15H14ClNO3. The van der Waals surface area contributed by atoms with Crippen LogP contribution in [0.25, 0.3) is 0 Å². The molecule has 0 saturated carbocycles. The molecule has 0 aliphatic rings. The summed E-state index contributed by atoms with van der Waals surface area (Å²) in [5.41, 5.74) is 1.37. The fourth-order valence-electron chi connectivity index (χ4n) is 1.72. The van der Waals surface area contributed by atoms with Gasteiger partial charge in [0.1, 0.15) is 16.7 Å². The lowest BCUT2D eigenvalue weighted by Gasteiger charge is -2.09. The summed E-state index contributed by atoms with van der Waals surface area (Å²) in [6.45, 7) is 3.99. The zero-order chi connectivity index (χ0) is 14.5. The van der Waals surface area contributed by atoms with E-state index in [9.17, 15) is 4.79 Å². The van der Waals surface area contributed by atoms with Crippen LogP contribution in [0.3, 0.4) is 0 Å². The third-order valence-electron chi connectivity index (χ3n) is 2.50. The SMILES string of the molecule is CCOC(=O)c1cc(C)cc(Oc2ccnc(Cl)c2)c1. The summed E-state index contributed by atoms with van der Waals surface area (Å²) in [4.78, 5) is 15.6. The summed E-state index contributed by atoms with van der Waals surface area (Å²) in [5.74, 6) is 0.745. The molecule has 0 aliphatic carbocycles. The van der Waals surface area contributed by atoms with Gasteiger partial charge in [-0.15, -0.1) is 0 Å². The lowest BCUT2D eigenvalue weighted by molar-refractivity contribution is 0.0526. The number of rotatable bonds is 4. The number of aromatic nitrogens is 1. The Labute approximate surface area is 122 Å². The molecule has 0 bridgehead atoms. The highest BCUT2D eigenvalue weighted by molar-refractivity contribution is 6.29. The van der Waals surface area contributed by atoms with Crippen LogP contribution < -0.4 is 4.74 Å². The molecule has 0 aliphatic heterocycles. The second kappa shape index (κ2) is 6.39. The van der Waals surface area contributed by atoms with Gasteiger partial charge in [0.2, 0.25) is 0 Å². The van der Waals surface area contributed by atoms with Crippen molar-refractivity contribution in [2.75, 3.05) is 6.61 Å². The molecule has 0 amide bonds. The number of carbonyl (C=O) groups excluding carboxylic acids is 1. The first-order chi connectivity index (χ1) is 9.58. The van der Waals surface area contributed by atoms with Gasteiger partial charge in [-0.1, -0.05) is 11.6 Å². The molecule has 0 N–H and O–H groups in total. The van der Waals surface area contributed by atoms with E-state index in [-0.39, 0.29) is 5.97 Å². The van der Waals surface area contributed by atoms with Crippen molar-refractivity contribution in [2.45, 2.75) is 13.8 Å². The van der Waals surface area contributed by atoms with Gasteiger partial charge < -0.3 is 9.47 Å². The first-order valence-electron chi connectivity index (χ1n) is 6.16. The average molecular weight is 292 g/mol. The third kappa shape index (κ3) is 3.71. The largest absolute Gasteiger partial charge is 0.462 e. The highest BCUT2D eigenvalue weighted by Gasteiger charge is 2.09. The van der Waals surface area contributed by atoms with Crippen LogP contribution in [0.15, 0.2) is 36.5 Å². The Morgan fingerprint density at radius 2 is 2.05 bits per heavy atom. The van der Waals surface area contributed by atoms with Gasteiger partial charge in [-0.2, -0.15) is 0 Å². The van der Waals surface area contributed by atoms with Crippen molar-refractivity contribution in [3.63, 3.8) is 0 Å². The Kier molecular flexibility index (Phi) is 4.58. The normalized spacial score (nSPS) is 10.2. The molecular weight excluding hydrogens is 278 g/mol. The molecule has 0 spiro atoms. The maximum atomic E-state index is 11.7. The van der Waals surface area contributed by atoms with E-state index in [1.54, 1.807) is 37.4 Å². The van der Waals surface area contributed by atoms with Gasteiger partial charge in [0.25, 0.3) is 0 Å². The first kappa shape index (κ1) is 14.3. The third-order valence-corrected chi connectivity index (χ3v) is 2.70. The molecule has 0 atom stereocenters. The monoisotopic (exact) mass is 291 g/mol. The van der Waals surface area contributed by atoms with Crippen LogP contribution in [0.5, 0.6) is 11.5 Å². The van der Waals surface area contributed by atoms with Crippen LogP contribution in [-0.4, -0.2) is 17.6 Å². The Bertz CT molecular complexity index is 628. The average Bonchev–Trinajstić information content (AvgIpc) is 2.38. The molecule has 0 radical (unpaired) electrons.